The lowest BCUT2D eigenvalue weighted by Crippen LogP contribution is -2.45. The smallest absolute Gasteiger partial charge is 0.0473 e. The average Bonchev–Trinajstić information content (AvgIpc) is 2.44. The number of hydrogen-bond acceptors (Lipinski definition) is 2. The zero-order valence-electron chi connectivity index (χ0n) is 12.6. The van der Waals surface area contributed by atoms with Crippen molar-refractivity contribution in [2.75, 3.05) is 13.1 Å². The molecular formula is C17H28N2. The topological polar surface area (TPSA) is 29.3 Å². The van der Waals surface area contributed by atoms with Gasteiger partial charge in [-0.15, -0.1) is 0 Å². The molecule has 3 atom stereocenters. The van der Waals surface area contributed by atoms with Crippen molar-refractivity contribution in [3.63, 3.8) is 0 Å². The molecule has 2 heteroatoms. The molecule has 0 saturated carbocycles. The van der Waals surface area contributed by atoms with Gasteiger partial charge >= 0.3 is 0 Å². The third kappa shape index (κ3) is 3.37. The first-order chi connectivity index (χ1) is 9.15. The molecule has 1 fully saturated rings. The molecule has 0 aromatic heterocycles. The fraction of sp³-hybridized carbons (Fsp3) is 0.647. The Labute approximate surface area is 118 Å². The summed E-state index contributed by atoms with van der Waals surface area (Å²) in [6, 6.07) is 10.1. The van der Waals surface area contributed by atoms with E-state index < -0.39 is 0 Å². The number of nitrogens with two attached hydrogens (primary N) is 1. The summed E-state index contributed by atoms with van der Waals surface area (Å²) in [5, 5.41) is 0. The van der Waals surface area contributed by atoms with Crippen LogP contribution >= 0.6 is 0 Å². The normalized spacial score (nSPS) is 26.3. The Kier molecular flexibility index (Phi) is 5.00. The van der Waals surface area contributed by atoms with Crippen LogP contribution in [0.1, 0.15) is 50.8 Å². The van der Waals surface area contributed by atoms with E-state index in [0.29, 0.717) is 18.6 Å². The van der Waals surface area contributed by atoms with Crippen LogP contribution in [0.2, 0.25) is 0 Å². The molecule has 3 unspecified atom stereocenters. The monoisotopic (exact) mass is 260 g/mol. The van der Waals surface area contributed by atoms with Crippen LogP contribution in [0.5, 0.6) is 0 Å². The maximum atomic E-state index is 6.07. The third-order valence-electron chi connectivity index (χ3n) is 4.56. The highest BCUT2D eigenvalue weighted by Crippen LogP contribution is 2.30. The maximum Gasteiger partial charge on any atom is 0.0473 e. The molecule has 0 bridgehead atoms. The Morgan fingerprint density at radius 3 is 2.47 bits per heavy atom. The predicted molar refractivity (Wildman–Crippen MR) is 82.2 cm³/mol. The van der Waals surface area contributed by atoms with Crippen molar-refractivity contribution >= 4 is 0 Å². The molecule has 0 amide bonds. The number of hydrogen-bond donors (Lipinski definition) is 1. The van der Waals surface area contributed by atoms with Gasteiger partial charge in [0.15, 0.2) is 0 Å². The summed E-state index contributed by atoms with van der Waals surface area (Å²) in [7, 11) is 0. The lowest BCUT2D eigenvalue weighted by molar-refractivity contribution is 0.0798. The van der Waals surface area contributed by atoms with Crippen LogP contribution in [0.25, 0.3) is 0 Å². The lowest BCUT2D eigenvalue weighted by atomic mass is 9.91. The molecule has 2 nitrogen and oxygen atoms in total. The summed E-state index contributed by atoms with van der Waals surface area (Å²) < 4.78 is 0. The second-order valence-electron chi connectivity index (χ2n) is 6.07. The second-order valence-corrected chi connectivity index (χ2v) is 6.07. The summed E-state index contributed by atoms with van der Waals surface area (Å²) in [6.07, 6.45) is 3.75. The minimum Gasteiger partial charge on any atom is -0.329 e. The van der Waals surface area contributed by atoms with Gasteiger partial charge in [-0.2, -0.15) is 0 Å². The first-order valence-corrected chi connectivity index (χ1v) is 7.70. The van der Waals surface area contributed by atoms with Gasteiger partial charge in [0.1, 0.15) is 0 Å². The highest BCUT2D eigenvalue weighted by molar-refractivity contribution is 5.25. The van der Waals surface area contributed by atoms with Crippen molar-refractivity contribution in [1.82, 2.24) is 4.90 Å². The molecule has 1 aromatic carbocycles. The van der Waals surface area contributed by atoms with Gasteiger partial charge in [0.2, 0.25) is 0 Å². The van der Waals surface area contributed by atoms with E-state index >= 15 is 0 Å². The number of benzene rings is 1. The van der Waals surface area contributed by atoms with Crippen LogP contribution in [-0.2, 0) is 6.42 Å². The molecule has 1 aliphatic heterocycles. The molecule has 19 heavy (non-hydrogen) atoms. The van der Waals surface area contributed by atoms with E-state index in [1.165, 1.54) is 30.5 Å². The first-order valence-electron chi connectivity index (χ1n) is 7.70. The summed E-state index contributed by atoms with van der Waals surface area (Å²) >= 11 is 0. The molecule has 1 aromatic rings. The SMILES string of the molecule is CCc1ccc(C(CN)N2CC(C)CCC2C)cc1. The Morgan fingerprint density at radius 1 is 1.21 bits per heavy atom. The quantitative estimate of drug-likeness (QED) is 0.899. The van der Waals surface area contributed by atoms with Crippen molar-refractivity contribution in [1.29, 1.82) is 0 Å². The van der Waals surface area contributed by atoms with Crippen LogP contribution < -0.4 is 5.73 Å². The molecule has 1 heterocycles. The van der Waals surface area contributed by atoms with Crippen LogP contribution in [0.15, 0.2) is 24.3 Å². The van der Waals surface area contributed by atoms with Gasteiger partial charge in [-0.05, 0) is 43.2 Å². The Balaban J connectivity index is 2.17. The highest BCUT2D eigenvalue weighted by Gasteiger charge is 2.29. The third-order valence-corrected chi connectivity index (χ3v) is 4.56. The molecule has 2 N–H and O–H groups in total. The summed E-state index contributed by atoms with van der Waals surface area (Å²) in [5.74, 6) is 0.792. The Hall–Kier alpha value is -0.860. The van der Waals surface area contributed by atoms with Crippen molar-refractivity contribution in [2.45, 2.75) is 52.1 Å². The van der Waals surface area contributed by atoms with E-state index in [2.05, 4.69) is 49.9 Å². The van der Waals surface area contributed by atoms with Crippen molar-refractivity contribution < 1.29 is 0 Å². The maximum absolute atomic E-state index is 6.07. The van der Waals surface area contributed by atoms with Crippen LogP contribution in [0.3, 0.4) is 0 Å². The Bertz CT molecular complexity index is 385. The summed E-state index contributed by atoms with van der Waals surface area (Å²) in [4.78, 5) is 2.61. The summed E-state index contributed by atoms with van der Waals surface area (Å²) in [5.41, 5.74) is 8.85. The standard InChI is InChI=1S/C17H28N2/c1-4-15-7-9-16(10-8-15)17(11-18)19-12-13(2)5-6-14(19)3/h7-10,13-14,17H,4-6,11-12,18H2,1-3H3. The molecular weight excluding hydrogens is 232 g/mol. The number of nitrogens with zero attached hydrogens (tertiary/aromatic N) is 1. The lowest BCUT2D eigenvalue weighted by Gasteiger charge is -2.42. The van der Waals surface area contributed by atoms with Crippen LogP contribution in [0, 0.1) is 5.92 Å². The fourth-order valence-electron chi connectivity index (χ4n) is 3.20. The van der Waals surface area contributed by atoms with Crippen molar-refractivity contribution in [3.05, 3.63) is 35.4 Å². The van der Waals surface area contributed by atoms with E-state index in [1.807, 2.05) is 0 Å². The van der Waals surface area contributed by atoms with Gasteiger partial charge < -0.3 is 5.73 Å². The van der Waals surface area contributed by atoms with E-state index in [9.17, 15) is 0 Å². The van der Waals surface area contributed by atoms with E-state index in [0.717, 1.165) is 12.3 Å². The minimum absolute atomic E-state index is 0.378. The zero-order valence-corrected chi connectivity index (χ0v) is 12.6. The van der Waals surface area contributed by atoms with Gasteiger partial charge in [-0.3, -0.25) is 4.90 Å². The van der Waals surface area contributed by atoms with Gasteiger partial charge in [0.05, 0.1) is 0 Å². The van der Waals surface area contributed by atoms with E-state index in [-0.39, 0.29) is 0 Å². The van der Waals surface area contributed by atoms with Crippen LogP contribution in [-0.4, -0.2) is 24.0 Å². The largest absolute Gasteiger partial charge is 0.329 e. The van der Waals surface area contributed by atoms with Gasteiger partial charge in [0, 0.05) is 25.2 Å². The molecule has 0 radical (unpaired) electrons. The minimum atomic E-state index is 0.378. The number of piperidine rings is 1. The predicted octanol–water partition coefficient (Wildman–Crippen LogP) is 3.37. The number of likely N-dealkylation sites (tertiary alicyclic amines) is 1. The first kappa shape index (κ1) is 14.5. The molecule has 1 saturated heterocycles. The molecule has 2 rings (SSSR count). The Morgan fingerprint density at radius 2 is 1.89 bits per heavy atom. The number of aryl methyl sites for hydroxylation is 1. The van der Waals surface area contributed by atoms with Gasteiger partial charge in [-0.25, -0.2) is 0 Å². The number of rotatable bonds is 4. The van der Waals surface area contributed by atoms with Gasteiger partial charge in [-0.1, -0.05) is 38.1 Å². The van der Waals surface area contributed by atoms with E-state index in [4.69, 9.17) is 5.73 Å². The molecule has 0 aliphatic carbocycles. The molecule has 0 spiro atoms. The van der Waals surface area contributed by atoms with Crippen molar-refractivity contribution in [3.8, 4) is 0 Å². The summed E-state index contributed by atoms with van der Waals surface area (Å²) in [6.45, 7) is 8.78. The van der Waals surface area contributed by atoms with E-state index in [1.54, 1.807) is 0 Å². The van der Waals surface area contributed by atoms with Crippen molar-refractivity contribution in [2.24, 2.45) is 11.7 Å². The fourth-order valence-corrected chi connectivity index (χ4v) is 3.20. The average molecular weight is 260 g/mol. The zero-order chi connectivity index (χ0) is 13.8. The molecule has 106 valence electrons. The highest BCUT2D eigenvalue weighted by atomic mass is 15.2. The van der Waals surface area contributed by atoms with Crippen LogP contribution in [0.4, 0.5) is 0 Å². The second kappa shape index (κ2) is 6.53. The van der Waals surface area contributed by atoms with Gasteiger partial charge in [0.25, 0.3) is 0 Å². The molecule has 1 aliphatic rings.